The highest BCUT2D eigenvalue weighted by molar-refractivity contribution is 6.11. The number of carbonyl (C=O) groups excluding carboxylic acids is 1. The van der Waals surface area contributed by atoms with Crippen LogP contribution in [-0.4, -0.2) is 43.7 Å². The van der Waals surface area contributed by atoms with E-state index in [1.807, 2.05) is 6.92 Å². The van der Waals surface area contributed by atoms with E-state index < -0.39 is 18.2 Å². The second-order valence-corrected chi connectivity index (χ2v) is 3.25. The molecule has 0 aromatic rings. The van der Waals surface area contributed by atoms with Gasteiger partial charge in [0, 0.05) is 18.8 Å². The summed E-state index contributed by atoms with van der Waals surface area (Å²) in [6.45, 7) is 2.97. The lowest BCUT2D eigenvalue weighted by atomic mass is 9.86. The van der Waals surface area contributed by atoms with E-state index in [0.29, 0.717) is 0 Å². The Labute approximate surface area is 78.6 Å². The van der Waals surface area contributed by atoms with Crippen molar-refractivity contribution >= 4 is 13.8 Å². The molecule has 1 rings (SSSR count). The zero-order valence-corrected chi connectivity index (χ0v) is 7.77. The molecule has 4 atom stereocenters. The topological polar surface area (TPSA) is 55.8 Å². The maximum atomic E-state index is 10.7. The van der Waals surface area contributed by atoms with Gasteiger partial charge in [-0.25, -0.2) is 0 Å². The van der Waals surface area contributed by atoms with E-state index in [1.54, 1.807) is 0 Å². The van der Waals surface area contributed by atoms with Gasteiger partial charge in [0.05, 0.1) is 6.61 Å². The molecule has 1 aliphatic rings. The van der Waals surface area contributed by atoms with Gasteiger partial charge >= 0.3 is 5.97 Å². The molecule has 0 bridgehead atoms. The Hall–Kier alpha value is -0.545. The Morgan fingerprint density at radius 3 is 2.77 bits per heavy atom. The molecule has 5 heteroatoms. The lowest BCUT2D eigenvalue weighted by molar-refractivity contribution is -0.151. The fourth-order valence-electron chi connectivity index (χ4n) is 1.45. The van der Waals surface area contributed by atoms with Crippen LogP contribution >= 0.6 is 0 Å². The van der Waals surface area contributed by atoms with Crippen molar-refractivity contribution in [1.29, 1.82) is 0 Å². The molecule has 0 amide bonds. The summed E-state index contributed by atoms with van der Waals surface area (Å²) in [5, 5.41) is 8.91. The fraction of sp³-hybridized carbons (Fsp3) is 0.875. The van der Waals surface area contributed by atoms with Crippen LogP contribution in [0.5, 0.6) is 0 Å². The van der Waals surface area contributed by atoms with Crippen molar-refractivity contribution in [2.75, 3.05) is 6.61 Å². The first-order chi connectivity index (χ1) is 6.06. The molecule has 1 fully saturated rings. The molecule has 0 unspecified atom stereocenters. The lowest BCUT2D eigenvalue weighted by Crippen LogP contribution is -2.33. The Bertz CT molecular complexity index is 197. The highest BCUT2D eigenvalue weighted by Crippen LogP contribution is 2.27. The summed E-state index contributed by atoms with van der Waals surface area (Å²) in [7, 11) is 5.59. The first kappa shape index (κ1) is 10.5. The first-order valence-electron chi connectivity index (χ1n) is 4.25. The molecule has 0 aliphatic carbocycles. The highest BCUT2D eigenvalue weighted by atomic mass is 16.6. The number of rotatable bonds is 2. The summed E-state index contributed by atoms with van der Waals surface area (Å²) >= 11 is 0. The average Bonchev–Trinajstić information content (AvgIpc) is 2.31. The van der Waals surface area contributed by atoms with Gasteiger partial charge in [-0.3, -0.25) is 4.79 Å². The third kappa shape index (κ3) is 2.22. The molecule has 4 nitrogen and oxygen atoms in total. The van der Waals surface area contributed by atoms with Gasteiger partial charge in [-0.2, -0.15) is 0 Å². The first-order valence-corrected chi connectivity index (χ1v) is 4.25. The molecule has 0 saturated carbocycles. The minimum atomic E-state index is -0.492. The molecule has 0 aromatic carbocycles. The van der Waals surface area contributed by atoms with Crippen molar-refractivity contribution in [3.05, 3.63) is 0 Å². The molecule has 2 radical (unpaired) electrons. The summed E-state index contributed by atoms with van der Waals surface area (Å²) in [5.41, 5.74) is 0. The second-order valence-electron chi connectivity index (χ2n) is 3.25. The van der Waals surface area contributed by atoms with E-state index >= 15 is 0 Å². The van der Waals surface area contributed by atoms with Crippen LogP contribution in [0, 0.1) is 5.92 Å². The molecule has 13 heavy (non-hydrogen) atoms. The highest BCUT2D eigenvalue weighted by Gasteiger charge is 2.40. The van der Waals surface area contributed by atoms with Crippen molar-refractivity contribution in [3.63, 3.8) is 0 Å². The summed E-state index contributed by atoms with van der Waals surface area (Å²) < 4.78 is 10.2. The lowest BCUT2D eigenvalue weighted by Gasteiger charge is -2.19. The minimum Gasteiger partial charge on any atom is -0.459 e. The number of ether oxygens (including phenoxy) is 2. The largest absolute Gasteiger partial charge is 0.459 e. The van der Waals surface area contributed by atoms with Crippen LogP contribution < -0.4 is 0 Å². The zero-order valence-electron chi connectivity index (χ0n) is 7.77. The molecule has 0 spiro atoms. The molecule has 1 saturated heterocycles. The number of aliphatic hydroxyl groups excluding tert-OH is 1. The van der Waals surface area contributed by atoms with Crippen LogP contribution in [0.1, 0.15) is 13.8 Å². The number of esters is 1. The van der Waals surface area contributed by atoms with Gasteiger partial charge in [-0.1, -0.05) is 6.92 Å². The minimum absolute atomic E-state index is 0.0824. The molecule has 0 aromatic heterocycles. The second kappa shape index (κ2) is 4.11. The zero-order chi connectivity index (χ0) is 10.0. The Morgan fingerprint density at radius 2 is 2.31 bits per heavy atom. The van der Waals surface area contributed by atoms with Gasteiger partial charge in [-0.15, -0.1) is 0 Å². The van der Waals surface area contributed by atoms with Crippen LogP contribution in [0.15, 0.2) is 0 Å². The Balaban J connectivity index is 2.62. The molecule has 72 valence electrons. The predicted molar refractivity (Wildman–Crippen MR) is 46.2 cm³/mol. The van der Waals surface area contributed by atoms with Gasteiger partial charge in [0.15, 0.2) is 0 Å². The summed E-state index contributed by atoms with van der Waals surface area (Å²) in [5.74, 6) is -0.464. The molecule has 1 N–H and O–H groups in total. The number of hydrogen-bond donors (Lipinski definition) is 1. The van der Waals surface area contributed by atoms with Crippen LogP contribution in [0.25, 0.3) is 0 Å². The Morgan fingerprint density at radius 1 is 1.69 bits per heavy atom. The van der Waals surface area contributed by atoms with Crippen molar-refractivity contribution in [3.8, 4) is 0 Å². The van der Waals surface area contributed by atoms with Gasteiger partial charge in [0.2, 0.25) is 0 Å². The fourth-order valence-corrected chi connectivity index (χ4v) is 1.45. The van der Waals surface area contributed by atoms with Crippen molar-refractivity contribution in [2.45, 2.75) is 32.1 Å². The SMILES string of the molecule is [B][C@@H]1O[C@H](CO)[C@@H](OC(C)=O)[C@H]1C. The van der Waals surface area contributed by atoms with E-state index in [-0.39, 0.29) is 18.5 Å². The van der Waals surface area contributed by atoms with E-state index in [2.05, 4.69) is 0 Å². The van der Waals surface area contributed by atoms with Crippen LogP contribution in [0.4, 0.5) is 0 Å². The van der Waals surface area contributed by atoms with E-state index in [1.165, 1.54) is 6.92 Å². The third-order valence-corrected chi connectivity index (χ3v) is 2.22. The maximum Gasteiger partial charge on any atom is 0.303 e. The van der Waals surface area contributed by atoms with E-state index in [4.69, 9.17) is 22.4 Å². The van der Waals surface area contributed by atoms with Crippen molar-refractivity contribution in [1.82, 2.24) is 0 Å². The summed E-state index contributed by atoms with van der Waals surface area (Å²) in [6, 6.07) is -0.471. The standard InChI is InChI=1S/C8H13BO4/c1-4-7(12-5(2)11)6(3-10)13-8(4)9/h4,6-8,10H,3H2,1-2H3/t4-,6-,7+,8-/m1/s1. The van der Waals surface area contributed by atoms with Crippen molar-refractivity contribution < 1.29 is 19.4 Å². The normalized spacial score (nSPS) is 39.0. The van der Waals surface area contributed by atoms with Gasteiger partial charge in [-0.05, 0) is 0 Å². The molecule has 1 heterocycles. The summed E-state index contributed by atoms with van der Waals surface area (Å²) in [6.07, 6.45) is -0.925. The monoisotopic (exact) mass is 184 g/mol. The number of carbonyl (C=O) groups is 1. The number of hydrogen-bond acceptors (Lipinski definition) is 4. The van der Waals surface area contributed by atoms with Crippen LogP contribution in [-0.2, 0) is 14.3 Å². The summed E-state index contributed by atoms with van der Waals surface area (Å²) in [4.78, 5) is 10.7. The maximum absolute atomic E-state index is 10.7. The molecule has 1 aliphatic heterocycles. The predicted octanol–water partition coefficient (Wildman–Crippen LogP) is -0.560. The van der Waals surface area contributed by atoms with Crippen LogP contribution in [0.2, 0.25) is 0 Å². The number of aliphatic hydroxyl groups is 1. The van der Waals surface area contributed by atoms with Crippen LogP contribution in [0.3, 0.4) is 0 Å². The Kier molecular flexibility index (Phi) is 3.33. The van der Waals surface area contributed by atoms with E-state index in [0.717, 1.165) is 0 Å². The smallest absolute Gasteiger partial charge is 0.303 e. The van der Waals surface area contributed by atoms with Gasteiger partial charge in [0.1, 0.15) is 20.1 Å². The van der Waals surface area contributed by atoms with Gasteiger partial charge < -0.3 is 14.6 Å². The molecular formula is C8H13BO4. The molecular weight excluding hydrogens is 171 g/mol. The average molecular weight is 184 g/mol. The van der Waals surface area contributed by atoms with Crippen molar-refractivity contribution in [2.24, 2.45) is 5.92 Å². The third-order valence-electron chi connectivity index (χ3n) is 2.22. The quantitative estimate of drug-likeness (QED) is 0.461. The van der Waals surface area contributed by atoms with E-state index in [9.17, 15) is 4.79 Å². The van der Waals surface area contributed by atoms with Gasteiger partial charge in [0.25, 0.3) is 0 Å².